The summed E-state index contributed by atoms with van der Waals surface area (Å²) < 4.78 is 18.5. The van der Waals surface area contributed by atoms with Crippen molar-refractivity contribution < 1.29 is 18.7 Å². The van der Waals surface area contributed by atoms with Gasteiger partial charge in [0.25, 0.3) is 5.91 Å². The van der Waals surface area contributed by atoms with E-state index in [1.54, 1.807) is 6.92 Å². The molecule has 28 heavy (non-hydrogen) atoms. The lowest BCUT2D eigenvalue weighted by molar-refractivity contribution is -0.142. The van der Waals surface area contributed by atoms with Crippen LogP contribution in [-0.4, -0.2) is 35.9 Å². The van der Waals surface area contributed by atoms with Gasteiger partial charge in [-0.2, -0.15) is 0 Å². The van der Waals surface area contributed by atoms with E-state index in [9.17, 15) is 14.0 Å². The van der Waals surface area contributed by atoms with Gasteiger partial charge in [-0.3, -0.25) is 9.59 Å². The fourth-order valence-electron chi connectivity index (χ4n) is 2.71. The molecular weight excluding hydrogens is 359 g/mol. The second-order valence-corrected chi connectivity index (χ2v) is 6.66. The van der Waals surface area contributed by atoms with E-state index in [1.807, 2.05) is 38.1 Å². The third-order valence-corrected chi connectivity index (χ3v) is 4.49. The molecule has 1 N–H and O–H groups in total. The minimum atomic E-state index is -0.643. The third-order valence-electron chi connectivity index (χ3n) is 4.49. The normalized spacial score (nSPS) is 11.6. The summed E-state index contributed by atoms with van der Waals surface area (Å²) in [7, 11) is 0. The number of nitrogens with one attached hydrogen (secondary N) is 1. The van der Waals surface area contributed by atoms with Crippen molar-refractivity contribution in [3.63, 3.8) is 0 Å². The molecule has 0 aliphatic heterocycles. The molecule has 2 rings (SSSR count). The highest BCUT2D eigenvalue weighted by molar-refractivity contribution is 5.87. The van der Waals surface area contributed by atoms with Crippen LogP contribution >= 0.6 is 0 Å². The number of hydrogen-bond acceptors (Lipinski definition) is 3. The van der Waals surface area contributed by atoms with Gasteiger partial charge in [0.2, 0.25) is 5.91 Å². The molecule has 0 radical (unpaired) electrons. The first kappa shape index (κ1) is 21.4. The minimum absolute atomic E-state index is 0.203. The van der Waals surface area contributed by atoms with Crippen LogP contribution in [0.5, 0.6) is 5.75 Å². The van der Waals surface area contributed by atoms with Crippen LogP contribution in [0.4, 0.5) is 4.39 Å². The van der Waals surface area contributed by atoms with Crippen molar-refractivity contribution in [3.05, 3.63) is 65.5 Å². The highest BCUT2D eigenvalue weighted by Gasteiger charge is 2.26. The van der Waals surface area contributed by atoms with E-state index in [1.165, 1.54) is 29.2 Å². The number of nitrogens with zero attached hydrogens (tertiary/aromatic N) is 1. The summed E-state index contributed by atoms with van der Waals surface area (Å²) in [5.74, 6) is -0.493. The second-order valence-electron chi connectivity index (χ2n) is 6.66. The molecule has 0 spiro atoms. The lowest BCUT2D eigenvalue weighted by Gasteiger charge is -2.29. The Kier molecular flexibility index (Phi) is 7.99. The van der Waals surface area contributed by atoms with Gasteiger partial charge in [-0.1, -0.05) is 31.2 Å². The fraction of sp³-hybridized carbons (Fsp3) is 0.364. The molecule has 6 heteroatoms. The van der Waals surface area contributed by atoms with Crippen molar-refractivity contribution >= 4 is 11.8 Å². The van der Waals surface area contributed by atoms with Crippen LogP contribution in [0.25, 0.3) is 0 Å². The number of benzene rings is 2. The molecule has 0 aliphatic rings. The van der Waals surface area contributed by atoms with Crippen LogP contribution in [0, 0.1) is 12.7 Å². The SMILES string of the molecule is CCCNC(=O)C(C)N(Cc1ccccc1C)C(=O)COc1ccc(F)cc1. The highest BCUT2D eigenvalue weighted by atomic mass is 19.1. The van der Waals surface area contributed by atoms with Crippen LogP contribution in [0.1, 0.15) is 31.4 Å². The number of amides is 2. The number of hydrogen-bond donors (Lipinski definition) is 1. The summed E-state index contributed by atoms with van der Waals surface area (Å²) in [5.41, 5.74) is 2.01. The van der Waals surface area contributed by atoms with Crippen molar-refractivity contribution in [3.8, 4) is 5.75 Å². The Labute approximate surface area is 165 Å². The number of aryl methyl sites for hydroxylation is 1. The predicted octanol–water partition coefficient (Wildman–Crippen LogP) is 3.46. The number of ether oxygens (including phenoxy) is 1. The van der Waals surface area contributed by atoms with Gasteiger partial charge < -0.3 is 15.0 Å². The molecule has 0 bridgehead atoms. The van der Waals surface area contributed by atoms with E-state index in [0.717, 1.165) is 17.5 Å². The monoisotopic (exact) mass is 386 g/mol. The van der Waals surface area contributed by atoms with Gasteiger partial charge >= 0.3 is 0 Å². The average molecular weight is 386 g/mol. The van der Waals surface area contributed by atoms with Gasteiger partial charge in [-0.25, -0.2) is 4.39 Å². The Bertz CT molecular complexity index is 793. The van der Waals surface area contributed by atoms with E-state index >= 15 is 0 Å². The zero-order valence-corrected chi connectivity index (χ0v) is 16.6. The second kappa shape index (κ2) is 10.4. The number of halogens is 1. The third kappa shape index (κ3) is 6.08. The maximum Gasteiger partial charge on any atom is 0.261 e. The Morgan fingerprint density at radius 1 is 1.14 bits per heavy atom. The Balaban J connectivity index is 2.13. The van der Waals surface area contributed by atoms with E-state index < -0.39 is 6.04 Å². The maximum absolute atomic E-state index is 13.0. The molecule has 0 aliphatic carbocycles. The molecule has 1 atom stereocenters. The summed E-state index contributed by atoms with van der Waals surface area (Å²) in [4.78, 5) is 26.8. The van der Waals surface area contributed by atoms with E-state index in [0.29, 0.717) is 18.8 Å². The van der Waals surface area contributed by atoms with Crippen molar-refractivity contribution in [1.29, 1.82) is 0 Å². The van der Waals surface area contributed by atoms with Crippen LogP contribution < -0.4 is 10.1 Å². The molecule has 0 fully saturated rings. The summed E-state index contributed by atoms with van der Waals surface area (Å²) >= 11 is 0. The lowest BCUT2D eigenvalue weighted by Crippen LogP contribution is -2.49. The average Bonchev–Trinajstić information content (AvgIpc) is 2.70. The standard InChI is InChI=1S/C22H27FN2O3/c1-4-13-24-22(27)17(3)25(14-18-8-6-5-7-16(18)2)21(26)15-28-20-11-9-19(23)10-12-20/h5-12,17H,4,13-15H2,1-3H3,(H,24,27). The largest absolute Gasteiger partial charge is 0.484 e. The van der Waals surface area contributed by atoms with Gasteiger partial charge in [0, 0.05) is 13.1 Å². The summed E-state index contributed by atoms with van der Waals surface area (Å²) in [6, 6.07) is 12.6. The van der Waals surface area contributed by atoms with Gasteiger partial charge in [0.05, 0.1) is 0 Å². The lowest BCUT2D eigenvalue weighted by atomic mass is 10.1. The molecule has 0 saturated heterocycles. The van der Waals surface area contributed by atoms with Gasteiger partial charge in [-0.15, -0.1) is 0 Å². The zero-order chi connectivity index (χ0) is 20.5. The molecule has 150 valence electrons. The van der Waals surface area contributed by atoms with Crippen LogP contribution in [-0.2, 0) is 16.1 Å². The van der Waals surface area contributed by atoms with Crippen molar-refractivity contribution in [1.82, 2.24) is 10.2 Å². The van der Waals surface area contributed by atoms with Gasteiger partial charge in [0.15, 0.2) is 6.61 Å². The predicted molar refractivity (Wildman–Crippen MR) is 106 cm³/mol. The number of carbonyl (C=O) groups excluding carboxylic acids is 2. The zero-order valence-electron chi connectivity index (χ0n) is 16.6. The quantitative estimate of drug-likeness (QED) is 0.718. The van der Waals surface area contributed by atoms with Gasteiger partial charge in [0.1, 0.15) is 17.6 Å². The summed E-state index contributed by atoms with van der Waals surface area (Å²) in [6.45, 7) is 6.27. The minimum Gasteiger partial charge on any atom is -0.484 e. The first-order valence-electron chi connectivity index (χ1n) is 9.42. The Hall–Kier alpha value is -2.89. The van der Waals surface area contributed by atoms with Crippen molar-refractivity contribution in [2.24, 2.45) is 0 Å². The maximum atomic E-state index is 13.0. The van der Waals surface area contributed by atoms with Crippen molar-refractivity contribution in [2.75, 3.05) is 13.2 Å². The molecule has 0 saturated carbocycles. The van der Waals surface area contributed by atoms with Crippen molar-refractivity contribution in [2.45, 2.75) is 39.8 Å². The van der Waals surface area contributed by atoms with E-state index in [4.69, 9.17) is 4.74 Å². The molecule has 2 aromatic rings. The highest BCUT2D eigenvalue weighted by Crippen LogP contribution is 2.15. The molecule has 2 amide bonds. The van der Waals surface area contributed by atoms with E-state index in [-0.39, 0.29) is 24.2 Å². The number of rotatable bonds is 9. The molecule has 2 aromatic carbocycles. The number of carbonyl (C=O) groups is 2. The fourth-order valence-corrected chi connectivity index (χ4v) is 2.71. The smallest absolute Gasteiger partial charge is 0.261 e. The Morgan fingerprint density at radius 2 is 1.82 bits per heavy atom. The first-order valence-corrected chi connectivity index (χ1v) is 9.42. The topological polar surface area (TPSA) is 58.6 Å². The molecule has 5 nitrogen and oxygen atoms in total. The first-order chi connectivity index (χ1) is 13.4. The molecular formula is C22H27FN2O3. The van der Waals surface area contributed by atoms with Crippen LogP contribution in [0.3, 0.4) is 0 Å². The van der Waals surface area contributed by atoms with E-state index in [2.05, 4.69) is 5.32 Å². The summed E-state index contributed by atoms with van der Waals surface area (Å²) in [6.07, 6.45) is 0.817. The summed E-state index contributed by atoms with van der Waals surface area (Å²) in [5, 5.41) is 2.83. The Morgan fingerprint density at radius 3 is 2.46 bits per heavy atom. The molecule has 1 unspecified atom stereocenters. The van der Waals surface area contributed by atoms with Gasteiger partial charge in [-0.05, 0) is 55.7 Å². The molecule has 0 heterocycles. The van der Waals surface area contributed by atoms with Crippen LogP contribution in [0.15, 0.2) is 48.5 Å². The van der Waals surface area contributed by atoms with Crippen LogP contribution in [0.2, 0.25) is 0 Å². The molecule has 0 aromatic heterocycles.